The van der Waals surface area contributed by atoms with Gasteiger partial charge in [0, 0.05) is 11.5 Å². The molecule has 0 saturated carbocycles. The number of fused-ring (bicyclic) bond motifs is 1. The van der Waals surface area contributed by atoms with E-state index in [2.05, 4.69) is 4.98 Å². The summed E-state index contributed by atoms with van der Waals surface area (Å²) >= 11 is 12.0. The molecule has 0 bridgehead atoms. The molecule has 1 aromatic carbocycles. The highest BCUT2D eigenvalue weighted by Gasteiger charge is 2.06. The zero-order valence-corrected chi connectivity index (χ0v) is 8.91. The third-order valence-corrected chi connectivity index (χ3v) is 2.72. The number of nitrogens with one attached hydrogen (secondary N) is 1. The van der Waals surface area contributed by atoms with Gasteiger partial charge in [-0.25, -0.2) is 0 Å². The number of rotatable bonds is 0. The predicted octanol–water partition coefficient (Wildman–Crippen LogP) is 3.14. The van der Waals surface area contributed by atoms with Gasteiger partial charge in [-0.3, -0.25) is 4.79 Å². The highest BCUT2D eigenvalue weighted by Crippen LogP contribution is 2.29. The molecule has 0 fully saturated rings. The Labute approximate surface area is 90.5 Å². The average molecular weight is 228 g/mol. The van der Waals surface area contributed by atoms with Gasteiger partial charge in [-0.2, -0.15) is 0 Å². The van der Waals surface area contributed by atoms with Crippen molar-refractivity contribution >= 4 is 34.1 Å². The van der Waals surface area contributed by atoms with Crippen molar-refractivity contribution in [2.75, 3.05) is 0 Å². The molecular formula is C10H7Cl2NO. The first-order chi connectivity index (χ1) is 6.59. The fourth-order valence-corrected chi connectivity index (χ4v) is 2.00. The molecule has 1 heterocycles. The Balaban J connectivity index is 3.07. The monoisotopic (exact) mass is 227 g/mol. The molecule has 2 nitrogen and oxygen atoms in total. The van der Waals surface area contributed by atoms with Crippen LogP contribution in [0, 0.1) is 6.92 Å². The highest BCUT2D eigenvalue weighted by atomic mass is 35.5. The Bertz CT molecular complexity index is 560. The van der Waals surface area contributed by atoms with E-state index in [4.69, 9.17) is 23.2 Å². The Morgan fingerprint density at radius 2 is 1.86 bits per heavy atom. The largest absolute Gasteiger partial charge is 0.321 e. The summed E-state index contributed by atoms with van der Waals surface area (Å²) in [7, 11) is 0. The summed E-state index contributed by atoms with van der Waals surface area (Å²) in [6, 6.07) is 4.89. The van der Waals surface area contributed by atoms with Crippen LogP contribution in [0.5, 0.6) is 0 Å². The number of halogens is 2. The summed E-state index contributed by atoms with van der Waals surface area (Å²) in [6.45, 7) is 1.83. The zero-order chi connectivity index (χ0) is 10.3. The molecule has 0 atom stereocenters. The highest BCUT2D eigenvalue weighted by molar-refractivity contribution is 6.40. The van der Waals surface area contributed by atoms with Crippen LogP contribution < -0.4 is 5.56 Å². The van der Waals surface area contributed by atoms with Gasteiger partial charge in [0.2, 0.25) is 5.56 Å². The molecule has 4 heteroatoms. The molecule has 0 radical (unpaired) electrons. The van der Waals surface area contributed by atoms with Crippen LogP contribution in [0.3, 0.4) is 0 Å². The minimum Gasteiger partial charge on any atom is -0.321 e. The van der Waals surface area contributed by atoms with Gasteiger partial charge in [-0.15, -0.1) is 0 Å². The summed E-state index contributed by atoms with van der Waals surface area (Å²) in [5, 5.41) is 1.90. The molecule has 2 rings (SSSR count). The van der Waals surface area contributed by atoms with E-state index in [0.29, 0.717) is 15.6 Å². The van der Waals surface area contributed by atoms with Crippen molar-refractivity contribution in [1.82, 2.24) is 4.98 Å². The molecule has 72 valence electrons. The maximum absolute atomic E-state index is 11.2. The second-order valence-corrected chi connectivity index (χ2v) is 3.91. The van der Waals surface area contributed by atoms with Gasteiger partial charge in [-0.1, -0.05) is 23.2 Å². The fourth-order valence-electron chi connectivity index (χ4n) is 1.49. The number of pyridine rings is 1. The fraction of sp³-hybridized carbons (Fsp3) is 0.100. The number of hydrogen-bond donors (Lipinski definition) is 1. The second-order valence-electron chi connectivity index (χ2n) is 3.10. The van der Waals surface area contributed by atoms with E-state index in [1.165, 1.54) is 6.07 Å². The van der Waals surface area contributed by atoms with Crippen molar-refractivity contribution in [1.29, 1.82) is 0 Å². The normalized spacial score (nSPS) is 10.8. The van der Waals surface area contributed by atoms with E-state index >= 15 is 0 Å². The SMILES string of the molecule is Cc1cc(=O)[nH]c2c(Cl)ccc(Cl)c12. The second kappa shape index (κ2) is 3.30. The molecule has 14 heavy (non-hydrogen) atoms. The van der Waals surface area contributed by atoms with Gasteiger partial charge in [-0.05, 0) is 24.6 Å². The zero-order valence-electron chi connectivity index (χ0n) is 7.40. The Morgan fingerprint density at radius 3 is 2.57 bits per heavy atom. The van der Waals surface area contributed by atoms with Crippen LogP contribution in [0.15, 0.2) is 23.0 Å². The maximum Gasteiger partial charge on any atom is 0.248 e. The van der Waals surface area contributed by atoms with Crippen LogP contribution in [-0.4, -0.2) is 4.98 Å². The van der Waals surface area contributed by atoms with Gasteiger partial charge >= 0.3 is 0 Å². The van der Waals surface area contributed by atoms with Crippen LogP contribution >= 0.6 is 23.2 Å². The molecule has 0 aliphatic carbocycles. The first-order valence-electron chi connectivity index (χ1n) is 4.07. The lowest BCUT2D eigenvalue weighted by Crippen LogP contribution is -2.05. The van der Waals surface area contributed by atoms with Crippen LogP contribution in [-0.2, 0) is 0 Å². The summed E-state index contributed by atoms with van der Waals surface area (Å²) in [5.41, 5.74) is 1.26. The Morgan fingerprint density at radius 1 is 1.21 bits per heavy atom. The number of benzene rings is 1. The van der Waals surface area contributed by atoms with Crippen molar-refractivity contribution in [2.45, 2.75) is 6.92 Å². The van der Waals surface area contributed by atoms with Crippen molar-refractivity contribution < 1.29 is 0 Å². The van der Waals surface area contributed by atoms with Crippen molar-refractivity contribution in [3.63, 3.8) is 0 Å². The molecule has 0 aliphatic rings. The van der Waals surface area contributed by atoms with Crippen LogP contribution in [0.4, 0.5) is 0 Å². The van der Waals surface area contributed by atoms with Gasteiger partial charge < -0.3 is 4.98 Å². The predicted molar refractivity (Wildman–Crippen MR) is 59.3 cm³/mol. The molecule has 0 aliphatic heterocycles. The topological polar surface area (TPSA) is 32.9 Å². The first kappa shape index (κ1) is 9.56. The first-order valence-corrected chi connectivity index (χ1v) is 4.83. The van der Waals surface area contributed by atoms with Crippen molar-refractivity contribution in [2.24, 2.45) is 0 Å². The lowest BCUT2D eigenvalue weighted by Gasteiger charge is -2.04. The Kier molecular flexibility index (Phi) is 2.25. The van der Waals surface area contributed by atoms with E-state index < -0.39 is 0 Å². The quantitative estimate of drug-likeness (QED) is 0.738. The number of aromatic nitrogens is 1. The van der Waals surface area contributed by atoms with E-state index in [0.717, 1.165) is 10.9 Å². The number of hydrogen-bond acceptors (Lipinski definition) is 1. The van der Waals surface area contributed by atoms with Gasteiger partial charge in [0.15, 0.2) is 0 Å². The van der Waals surface area contributed by atoms with Gasteiger partial charge in [0.1, 0.15) is 0 Å². The third-order valence-electron chi connectivity index (χ3n) is 2.09. The van der Waals surface area contributed by atoms with E-state index in [9.17, 15) is 4.79 Å². The summed E-state index contributed by atoms with van der Waals surface area (Å²) < 4.78 is 0. The third kappa shape index (κ3) is 1.41. The van der Waals surface area contributed by atoms with Crippen LogP contribution in [0.25, 0.3) is 10.9 Å². The molecule has 2 aromatic rings. The van der Waals surface area contributed by atoms with E-state index in [-0.39, 0.29) is 5.56 Å². The smallest absolute Gasteiger partial charge is 0.248 e. The minimum absolute atomic E-state index is 0.167. The van der Waals surface area contributed by atoms with Crippen molar-refractivity contribution in [3.8, 4) is 0 Å². The summed E-state index contributed by atoms with van der Waals surface area (Å²) in [4.78, 5) is 13.9. The van der Waals surface area contributed by atoms with E-state index in [1.807, 2.05) is 6.92 Å². The molecular weight excluding hydrogens is 221 g/mol. The van der Waals surface area contributed by atoms with Crippen LogP contribution in [0.2, 0.25) is 10.0 Å². The number of H-pyrrole nitrogens is 1. The average Bonchev–Trinajstić information content (AvgIpc) is 2.10. The minimum atomic E-state index is -0.167. The molecule has 0 amide bonds. The Hall–Kier alpha value is -0.990. The van der Waals surface area contributed by atoms with Gasteiger partial charge in [0.05, 0.1) is 15.6 Å². The molecule has 1 aromatic heterocycles. The van der Waals surface area contributed by atoms with Gasteiger partial charge in [0.25, 0.3) is 0 Å². The molecule has 0 spiro atoms. The standard InChI is InChI=1S/C10H7Cl2NO/c1-5-4-8(14)13-10-7(12)3-2-6(11)9(5)10/h2-4H,1H3,(H,13,14). The number of aryl methyl sites for hydroxylation is 1. The molecule has 1 N–H and O–H groups in total. The number of aromatic amines is 1. The maximum atomic E-state index is 11.2. The molecule has 0 unspecified atom stereocenters. The van der Waals surface area contributed by atoms with E-state index in [1.54, 1.807) is 12.1 Å². The summed E-state index contributed by atoms with van der Waals surface area (Å²) in [5.74, 6) is 0. The molecule has 0 saturated heterocycles. The lowest BCUT2D eigenvalue weighted by atomic mass is 10.1. The van der Waals surface area contributed by atoms with Crippen molar-refractivity contribution in [3.05, 3.63) is 44.2 Å². The van der Waals surface area contributed by atoms with Crippen LogP contribution in [0.1, 0.15) is 5.56 Å². The summed E-state index contributed by atoms with van der Waals surface area (Å²) in [6.07, 6.45) is 0. The lowest BCUT2D eigenvalue weighted by molar-refractivity contribution is 1.28.